The van der Waals surface area contributed by atoms with E-state index in [4.69, 9.17) is 5.73 Å². The summed E-state index contributed by atoms with van der Waals surface area (Å²) in [5.74, 6) is 0. The zero-order chi connectivity index (χ0) is 12.3. The zero-order valence-electron chi connectivity index (χ0n) is 11.0. The van der Waals surface area contributed by atoms with Crippen molar-refractivity contribution in [3.8, 4) is 0 Å². The molecule has 3 heteroatoms. The summed E-state index contributed by atoms with van der Waals surface area (Å²) >= 11 is 0. The van der Waals surface area contributed by atoms with Crippen LogP contribution in [0.4, 0.5) is 0 Å². The van der Waals surface area contributed by atoms with Crippen molar-refractivity contribution in [1.82, 2.24) is 10.4 Å². The van der Waals surface area contributed by atoms with Gasteiger partial charge >= 0.3 is 0 Å². The number of rotatable bonds is 4. The summed E-state index contributed by atoms with van der Waals surface area (Å²) in [7, 11) is 3.97. The van der Waals surface area contributed by atoms with Crippen molar-refractivity contribution in [1.29, 1.82) is 0 Å². The maximum Gasteiger partial charge on any atom is 0.0589 e. The van der Waals surface area contributed by atoms with E-state index in [2.05, 4.69) is 38.3 Å². The average Bonchev–Trinajstić information content (AvgIpc) is 2.20. The van der Waals surface area contributed by atoms with E-state index in [1.165, 1.54) is 22.3 Å². The van der Waals surface area contributed by atoms with Gasteiger partial charge < -0.3 is 5.73 Å². The van der Waals surface area contributed by atoms with Crippen molar-refractivity contribution in [3.63, 3.8) is 0 Å². The van der Waals surface area contributed by atoms with Crippen molar-refractivity contribution in [2.45, 2.75) is 26.8 Å². The number of hydrogen-bond donors (Lipinski definition) is 2. The highest BCUT2D eigenvalue weighted by Crippen LogP contribution is 2.21. The third-order valence-corrected chi connectivity index (χ3v) is 2.91. The minimum atomic E-state index is 0.189. The van der Waals surface area contributed by atoms with Crippen LogP contribution in [0.3, 0.4) is 0 Å². The molecule has 1 atom stereocenters. The Kier molecular flexibility index (Phi) is 4.47. The fourth-order valence-electron chi connectivity index (χ4n) is 1.92. The van der Waals surface area contributed by atoms with Crippen LogP contribution in [-0.4, -0.2) is 25.6 Å². The largest absolute Gasteiger partial charge is 0.329 e. The van der Waals surface area contributed by atoms with E-state index in [1.807, 2.05) is 19.1 Å². The fraction of sp³-hybridized carbons (Fsp3) is 0.538. The Morgan fingerprint density at radius 3 is 2.19 bits per heavy atom. The van der Waals surface area contributed by atoms with Crippen molar-refractivity contribution in [3.05, 3.63) is 34.4 Å². The molecular formula is C13H23N3. The maximum absolute atomic E-state index is 5.82. The third kappa shape index (κ3) is 3.04. The summed E-state index contributed by atoms with van der Waals surface area (Å²) in [6.45, 7) is 7.02. The summed E-state index contributed by atoms with van der Waals surface area (Å²) < 4.78 is 0. The Labute approximate surface area is 98.6 Å². The lowest BCUT2D eigenvalue weighted by Gasteiger charge is -2.24. The summed E-state index contributed by atoms with van der Waals surface area (Å²) in [6, 6.07) is 4.65. The van der Waals surface area contributed by atoms with E-state index < -0.39 is 0 Å². The number of benzene rings is 1. The number of nitrogens with two attached hydrogens (primary N) is 1. The lowest BCUT2D eigenvalue weighted by atomic mass is 9.96. The second kappa shape index (κ2) is 5.43. The molecule has 3 N–H and O–H groups in total. The fourth-order valence-corrected chi connectivity index (χ4v) is 1.92. The minimum Gasteiger partial charge on any atom is -0.329 e. The van der Waals surface area contributed by atoms with Gasteiger partial charge in [-0.15, -0.1) is 0 Å². The number of hydrogen-bond acceptors (Lipinski definition) is 3. The molecule has 0 aliphatic carbocycles. The Morgan fingerprint density at radius 1 is 1.12 bits per heavy atom. The molecule has 16 heavy (non-hydrogen) atoms. The van der Waals surface area contributed by atoms with Crippen LogP contribution in [0.25, 0.3) is 0 Å². The van der Waals surface area contributed by atoms with Crippen molar-refractivity contribution in [2.75, 3.05) is 20.6 Å². The van der Waals surface area contributed by atoms with Crippen LogP contribution in [0, 0.1) is 20.8 Å². The molecule has 0 saturated heterocycles. The first-order valence-electron chi connectivity index (χ1n) is 5.67. The lowest BCUT2D eigenvalue weighted by Crippen LogP contribution is -2.38. The third-order valence-electron chi connectivity index (χ3n) is 2.91. The molecule has 0 saturated carbocycles. The van der Waals surface area contributed by atoms with E-state index >= 15 is 0 Å². The standard InChI is InChI=1S/C13H23N3/c1-9-6-11(3)12(7-10(9)2)13(8-14)15-16(4)5/h6-7,13,15H,8,14H2,1-5H3. The van der Waals surface area contributed by atoms with E-state index in [0.717, 1.165) is 0 Å². The van der Waals surface area contributed by atoms with Gasteiger partial charge in [0.25, 0.3) is 0 Å². The summed E-state index contributed by atoms with van der Waals surface area (Å²) in [6.07, 6.45) is 0. The number of nitrogens with zero attached hydrogens (tertiary/aromatic N) is 1. The van der Waals surface area contributed by atoms with E-state index in [0.29, 0.717) is 6.54 Å². The van der Waals surface area contributed by atoms with Gasteiger partial charge in [0.2, 0.25) is 0 Å². The summed E-state index contributed by atoms with van der Waals surface area (Å²) in [4.78, 5) is 0. The average molecular weight is 221 g/mol. The van der Waals surface area contributed by atoms with Crippen LogP contribution in [-0.2, 0) is 0 Å². The first-order chi connectivity index (χ1) is 7.45. The first kappa shape index (κ1) is 13.2. The van der Waals surface area contributed by atoms with Crippen molar-refractivity contribution in [2.24, 2.45) is 5.73 Å². The Morgan fingerprint density at radius 2 is 1.69 bits per heavy atom. The van der Waals surface area contributed by atoms with Crippen LogP contribution in [0.15, 0.2) is 12.1 Å². The van der Waals surface area contributed by atoms with Crippen molar-refractivity contribution < 1.29 is 0 Å². The predicted molar refractivity (Wildman–Crippen MR) is 69.3 cm³/mol. The molecule has 90 valence electrons. The highest BCUT2D eigenvalue weighted by molar-refractivity contribution is 5.38. The van der Waals surface area contributed by atoms with Gasteiger partial charge in [-0.25, -0.2) is 10.4 Å². The molecule has 0 fully saturated rings. The molecule has 3 nitrogen and oxygen atoms in total. The van der Waals surface area contributed by atoms with Gasteiger partial charge in [-0.2, -0.15) is 0 Å². The Balaban J connectivity index is 3.05. The van der Waals surface area contributed by atoms with Crippen molar-refractivity contribution >= 4 is 0 Å². The number of aryl methyl sites for hydroxylation is 3. The topological polar surface area (TPSA) is 41.3 Å². The molecule has 1 rings (SSSR count). The molecule has 0 spiro atoms. The SMILES string of the molecule is Cc1cc(C)c(C(CN)NN(C)C)cc1C. The summed E-state index contributed by atoms with van der Waals surface area (Å²) in [5.41, 5.74) is 14.4. The molecule has 0 bridgehead atoms. The van der Waals surface area contributed by atoms with Gasteiger partial charge in [0.1, 0.15) is 0 Å². The van der Waals surface area contributed by atoms with E-state index in [-0.39, 0.29) is 6.04 Å². The first-order valence-corrected chi connectivity index (χ1v) is 5.67. The van der Waals surface area contributed by atoms with E-state index in [1.54, 1.807) is 0 Å². The van der Waals surface area contributed by atoms with Crippen LogP contribution in [0.2, 0.25) is 0 Å². The monoisotopic (exact) mass is 221 g/mol. The molecule has 0 radical (unpaired) electrons. The van der Waals surface area contributed by atoms with Gasteiger partial charge in [-0.1, -0.05) is 12.1 Å². The number of hydrazine groups is 1. The van der Waals surface area contributed by atoms with Crippen LogP contribution >= 0.6 is 0 Å². The van der Waals surface area contributed by atoms with Gasteiger partial charge in [0.05, 0.1) is 6.04 Å². The minimum absolute atomic E-state index is 0.189. The maximum atomic E-state index is 5.82. The molecule has 0 aliphatic heterocycles. The molecule has 1 unspecified atom stereocenters. The second-order valence-electron chi connectivity index (χ2n) is 4.60. The lowest BCUT2D eigenvalue weighted by molar-refractivity contribution is 0.245. The molecule has 0 aromatic heterocycles. The number of nitrogens with one attached hydrogen (secondary N) is 1. The van der Waals surface area contributed by atoms with Gasteiger partial charge in [-0.3, -0.25) is 0 Å². The van der Waals surface area contributed by atoms with Gasteiger partial charge in [0.15, 0.2) is 0 Å². The normalized spacial score (nSPS) is 13.2. The highest BCUT2D eigenvalue weighted by atomic mass is 15.5. The van der Waals surface area contributed by atoms with Crippen LogP contribution < -0.4 is 11.2 Å². The second-order valence-corrected chi connectivity index (χ2v) is 4.60. The van der Waals surface area contributed by atoms with Crippen LogP contribution in [0.1, 0.15) is 28.3 Å². The van der Waals surface area contributed by atoms with Gasteiger partial charge in [-0.05, 0) is 43.0 Å². The summed E-state index contributed by atoms with van der Waals surface area (Å²) in [5, 5.41) is 1.95. The Hall–Kier alpha value is -0.900. The quantitative estimate of drug-likeness (QED) is 0.760. The predicted octanol–water partition coefficient (Wildman–Crippen LogP) is 1.68. The molecule has 0 amide bonds. The van der Waals surface area contributed by atoms with Gasteiger partial charge in [0, 0.05) is 20.6 Å². The smallest absolute Gasteiger partial charge is 0.0589 e. The molecular weight excluding hydrogens is 198 g/mol. The zero-order valence-corrected chi connectivity index (χ0v) is 11.0. The molecule has 0 aliphatic rings. The molecule has 1 aromatic rings. The van der Waals surface area contributed by atoms with E-state index in [9.17, 15) is 0 Å². The molecule has 0 heterocycles. The highest BCUT2D eigenvalue weighted by Gasteiger charge is 2.13. The Bertz CT molecular complexity index is 358. The molecule has 1 aromatic carbocycles. The van der Waals surface area contributed by atoms with Crippen LogP contribution in [0.5, 0.6) is 0 Å².